The number of benzene rings is 2. The minimum absolute atomic E-state index is 0.0117. The Morgan fingerprint density at radius 3 is 2.53 bits per heavy atom. The second-order valence-corrected chi connectivity index (χ2v) is 12.4. The number of nitrogens with zero attached hydrogens (tertiary/aromatic N) is 1. The maximum Gasteiger partial charge on any atom is 0.286 e. The normalized spacial score (nSPS) is 20.9. The Kier molecular flexibility index (Phi) is 6.45. The van der Waals surface area contributed by atoms with Gasteiger partial charge in [-0.05, 0) is 36.1 Å². The Morgan fingerprint density at radius 1 is 1.19 bits per heavy atom. The molecule has 0 spiro atoms. The van der Waals surface area contributed by atoms with Gasteiger partial charge in [0, 0.05) is 11.3 Å². The van der Waals surface area contributed by atoms with Crippen LogP contribution in [0, 0.1) is 5.92 Å². The molecule has 1 unspecified atom stereocenters. The van der Waals surface area contributed by atoms with Crippen molar-refractivity contribution < 1.29 is 31.6 Å². The molecule has 2 aromatic carbocycles. The minimum Gasteiger partial charge on any atom is -0.506 e. The first kappa shape index (κ1) is 25.8. The van der Waals surface area contributed by atoms with Crippen LogP contribution in [-0.2, 0) is 35.2 Å². The third-order valence-corrected chi connectivity index (χ3v) is 7.67. The van der Waals surface area contributed by atoms with E-state index in [9.17, 15) is 26.7 Å². The van der Waals surface area contributed by atoms with Crippen LogP contribution in [0.4, 0.5) is 11.4 Å². The van der Waals surface area contributed by atoms with Crippen LogP contribution in [0.3, 0.4) is 0 Å². The number of ketones is 1. The molecule has 0 amide bonds. The number of rotatable bonds is 7. The van der Waals surface area contributed by atoms with Crippen LogP contribution in [0.15, 0.2) is 57.3 Å². The van der Waals surface area contributed by atoms with Crippen molar-refractivity contribution in [2.45, 2.75) is 30.7 Å². The summed E-state index contributed by atoms with van der Waals surface area (Å²) in [5.41, 5.74) is 1.99. The monoisotopic (exact) mass is 534 g/mol. The molecule has 4 N–H and O–H groups in total. The largest absolute Gasteiger partial charge is 0.506 e. The summed E-state index contributed by atoms with van der Waals surface area (Å²) in [5, 5.41) is 14.0. The molecule has 1 aliphatic heterocycles. The van der Waals surface area contributed by atoms with Crippen LogP contribution < -0.4 is 15.5 Å². The van der Waals surface area contributed by atoms with Crippen molar-refractivity contribution in [1.82, 2.24) is 5.48 Å². The lowest BCUT2D eigenvalue weighted by molar-refractivity contribution is -0.129. The molecule has 0 fully saturated rings. The lowest BCUT2D eigenvalue weighted by atomic mass is 9.71. The summed E-state index contributed by atoms with van der Waals surface area (Å²) in [6.07, 6.45) is 1.22. The van der Waals surface area contributed by atoms with Gasteiger partial charge in [-0.15, -0.1) is 4.40 Å². The number of hydrogen-bond donors (Lipinski definition) is 4. The number of carbonyl (C=O) groups excluding carboxylic acids is 1. The van der Waals surface area contributed by atoms with E-state index < -0.39 is 37.1 Å². The molecule has 11 nitrogen and oxygen atoms in total. The molecule has 36 heavy (non-hydrogen) atoms. The zero-order valence-electron chi connectivity index (χ0n) is 20.0. The fraction of sp³-hybridized carbons (Fsp3) is 0.304. The first-order valence-electron chi connectivity index (χ1n) is 10.9. The summed E-state index contributed by atoms with van der Waals surface area (Å²) in [6, 6.07) is 10.6. The molecule has 1 aliphatic carbocycles. The van der Waals surface area contributed by atoms with E-state index in [1.54, 1.807) is 24.3 Å². The standard InChI is InChI=1S/C23H26N4O7S2/c1-13(2)12-23(27-34-3)16-8-6-5-7-15(16)20(28)19(21(23)29)22-24-17-10-9-14(25-35(4,30)31)11-18(17)36(32,33)26-22/h5-11,13,25,27-28H,12H2,1-4H3,(H,24,26). The van der Waals surface area contributed by atoms with Crippen molar-refractivity contribution in [3.05, 3.63) is 59.2 Å². The van der Waals surface area contributed by atoms with Crippen LogP contribution in [-0.4, -0.2) is 46.9 Å². The zero-order valence-corrected chi connectivity index (χ0v) is 21.6. The molecule has 1 atom stereocenters. The van der Waals surface area contributed by atoms with Crippen LogP contribution in [0.5, 0.6) is 0 Å². The Hall–Kier alpha value is -3.26. The number of aliphatic hydroxyl groups excluding tert-OH is 1. The second kappa shape index (κ2) is 9.00. The van der Waals surface area contributed by atoms with Crippen molar-refractivity contribution in [1.29, 1.82) is 0 Å². The highest BCUT2D eigenvalue weighted by molar-refractivity contribution is 7.92. The number of hydrogen-bond acceptors (Lipinski definition) is 9. The highest BCUT2D eigenvalue weighted by Crippen LogP contribution is 2.43. The van der Waals surface area contributed by atoms with Crippen molar-refractivity contribution in [3.8, 4) is 0 Å². The van der Waals surface area contributed by atoms with Gasteiger partial charge in [0.2, 0.25) is 10.0 Å². The SMILES string of the molecule is CONC1(CC(C)C)C(=O)C(C2=NS(=O)(=O)c3cc(NS(C)(=O)=O)ccc3N2)=C(O)c2ccccc21. The number of sulfonamides is 2. The van der Waals surface area contributed by atoms with E-state index in [1.165, 1.54) is 19.2 Å². The van der Waals surface area contributed by atoms with E-state index >= 15 is 0 Å². The highest BCUT2D eigenvalue weighted by Gasteiger charge is 2.50. The van der Waals surface area contributed by atoms with Gasteiger partial charge in [-0.2, -0.15) is 13.9 Å². The second-order valence-electron chi connectivity index (χ2n) is 9.03. The average molecular weight is 535 g/mol. The number of amidine groups is 1. The van der Waals surface area contributed by atoms with Gasteiger partial charge in [0.05, 0.1) is 19.1 Å². The number of nitrogens with one attached hydrogen (secondary N) is 3. The van der Waals surface area contributed by atoms with Crippen molar-refractivity contribution in [3.63, 3.8) is 0 Å². The van der Waals surface area contributed by atoms with Crippen LogP contribution >= 0.6 is 0 Å². The molecule has 13 heteroatoms. The van der Waals surface area contributed by atoms with Crippen LogP contribution in [0.1, 0.15) is 31.4 Å². The van der Waals surface area contributed by atoms with Gasteiger partial charge in [0.25, 0.3) is 10.0 Å². The molecule has 1 heterocycles. The number of anilines is 2. The molecule has 4 rings (SSSR count). The summed E-state index contributed by atoms with van der Waals surface area (Å²) in [6.45, 7) is 3.85. The predicted molar refractivity (Wildman–Crippen MR) is 135 cm³/mol. The maximum absolute atomic E-state index is 14.0. The molecule has 0 saturated heterocycles. The lowest BCUT2D eigenvalue weighted by Gasteiger charge is -2.39. The summed E-state index contributed by atoms with van der Waals surface area (Å²) >= 11 is 0. The topological polar surface area (TPSA) is 163 Å². The van der Waals surface area contributed by atoms with Gasteiger partial charge in [0.15, 0.2) is 11.6 Å². The molecule has 2 aromatic rings. The summed E-state index contributed by atoms with van der Waals surface area (Å²) in [7, 11) is -6.65. The summed E-state index contributed by atoms with van der Waals surface area (Å²) in [5.74, 6) is -1.38. The van der Waals surface area contributed by atoms with Crippen molar-refractivity contribution >= 4 is 48.8 Å². The van der Waals surface area contributed by atoms with E-state index in [0.717, 1.165) is 12.3 Å². The lowest BCUT2D eigenvalue weighted by Crippen LogP contribution is -2.54. The van der Waals surface area contributed by atoms with Gasteiger partial charge in [-0.1, -0.05) is 38.1 Å². The smallest absolute Gasteiger partial charge is 0.286 e. The molecule has 0 radical (unpaired) electrons. The number of hydroxylamine groups is 1. The van der Waals surface area contributed by atoms with E-state index in [1.807, 2.05) is 13.8 Å². The zero-order chi connectivity index (χ0) is 26.5. The molecular formula is C23H26N4O7S2. The van der Waals surface area contributed by atoms with Crippen molar-refractivity contribution in [2.75, 3.05) is 23.4 Å². The third-order valence-electron chi connectivity index (χ3n) is 5.75. The average Bonchev–Trinajstić information content (AvgIpc) is 2.77. The fourth-order valence-corrected chi connectivity index (χ4v) is 6.24. The number of carbonyl (C=O) groups is 1. The van der Waals surface area contributed by atoms with Gasteiger partial charge < -0.3 is 15.3 Å². The molecule has 192 valence electrons. The van der Waals surface area contributed by atoms with Gasteiger partial charge in [-0.25, -0.2) is 8.42 Å². The Balaban J connectivity index is 1.89. The van der Waals surface area contributed by atoms with Crippen LogP contribution in [0.25, 0.3) is 5.76 Å². The Labute approximate surface area is 209 Å². The van der Waals surface area contributed by atoms with Gasteiger partial charge in [0.1, 0.15) is 21.8 Å². The Bertz CT molecular complexity index is 1530. The number of Topliss-reactive ketones (excluding diaryl/α,β-unsaturated/α-hetero) is 1. The van der Waals surface area contributed by atoms with Crippen molar-refractivity contribution in [2.24, 2.45) is 10.3 Å². The molecule has 0 saturated carbocycles. The highest BCUT2D eigenvalue weighted by atomic mass is 32.2. The first-order chi connectivity index (χ1) is 16.8. The quantitative estimate of drug-likeness (QED) is 0.391. The minimum atomic E-state index is -4.37. The van der Waals surface area contributed by atoms with E-state index in [-0.39, 0.29) is 40.0 Å². The van der Waals surface area contributed by atoms with E-state index in [0.29, 0.717) is 11.1 Å². The van der Waals surface area contributed by atoms with Crippen LogP contribution in [0.2, 0.25) is 0 Å². The third kappa shape index (κ3) is 4.50. The molecule has 0 bridgehead atoms. The van der Waals surface area contributed by atoms with Gasteiger partial charge >= 0.3 is 0 Å². The maximum atomic E-state index is 14.0. The fourth-order valence-electron chi connectivity index (χ4n) is 4.54. The van der Waals surface area contributed by atoms with E-state index in [4.69, 9.17) is 4.84 Å². The molecule has 2 aliphatic rings. The predicted octanol–water partition coefficient (Wildman–Crippen LogP) is 2.52. The Morgan fingerprint density at radius 2 is 1.89 bits per heavy atom. The molecule has 0 aromatic heterocycles. The number of fused-ring (bicyclic) bond motifs is 2. The van der Waals surface area contributed by atoms with Gasteiger partial charge in [-0.3, -0.25) is 9.52 Å². The van der Waals surface area contributed by atoms with E-state index in [2.05, 4.69) is 19.9 Å². The first-order valence-corrected chi connectivity index (χ1v) is 14.2. The molecular weight excluding hydrogens is 508 g/mol. The summed E-state index contributed by atoms with van der Waals surface area (Å²) < 4.78 is 55.3. The number of aliphatic hydroxyl groups is 1. The summed E-state index contributed by atoms with van der Waals surface area (Å²) in [4.78, 5) is 19.0.